The van der Waals surface area contributed by atoms with Crippen molar-refractivity contribution in [2.24, 2.45) is 17.1 Å². The number of aryl methyl sites for hydroxylation is 1. The van der Waals surface area contributed by atoms with Crippen molar-refractivity contribution in [2.75, 3.05) is 6.54 Å². The molecule has 3 rings (SSSR count). The molecule has 3 atom stereocenters. The number of nitrogens with zero attached hydrogens (tertiary/aromatic N) is 2. The Morgan fingerprint density at radius 2 is 1.97 bits per heavy atom. The van der Waals surface area contributed by atoms with Crippen LogP contribution in [0.5, 0.6) is 0 Å². The molecule has 2 amide bonds. The minimum atomic E-state index is -0.745. The predicted octanol–water partition coefficient (Wildman–Crippen LogP) is 2.71. The highest BCUT2D eigenvalue weighted by atomic mass is 32.1. The van der Waals surface area contributed by atoms with Gasteiger partial charge in [-0.25, -0.2) is 4.98 Å². The third-order valence-corrected chi connectivity index (χ3v) is 7.83. The summed E-state index contributed by atoms with van der Waals surface area (Å²) in [5.74, 6) is -0.366. The van der Waals surface area contributed by atoms with E-state index >= 15 is 0 Å². The average Bonchev–Trinajstić information content (AvgIpc) is 3.36. The van der Waals surface area contributed by atoms with Crippen LogP contribution in [-0.4, -0.2) is 51.5 Å². The lowest BCUT2D eigenvalue weighted by atomic mass is 9.74. The number of hydrogen-bond acceptors (Lipinski definition) is 6. The number of carbonyl (C=O) groups is 2. The fraction of sp³-hybridized carbons (Fsp3) is 0.542. The van der Waals surface area contributed by atoms with Gasteiger partial charge < -0.3 is 21.1 Å². The summed E-state index contributed by atoms with van der Waals surface area (Å²) in [4.78, 5) is 32.9. The summed E-state index contributed by atoms with van der Waals surface area (Å²) in [6.07, 6.45) is -0.512. The predicted molar refractivity (Wildman–Crippen MR) is 127 cm³/mol. The molecule has 32 heavy (non-hydrogen) atoms. The molecule has 1 aliphatic heterocycles. The monoisotopic (exact) mass is 458 g/mol. The average molecular weight is 459 g/mol. The summed E-state index contributed by atoms with van der Waals surface area (Å²) < 4.78 is 0. The number of aliphatic hydroxyl groups excluding tert-OH is 1. The SMILES string of the molecule is Cc1ncsc1-c1ccc(CNC(=O)[C@@H]2CC(O)CN2C(=O)[C@@H](N)C(C)(C)C(C)C)cc1. The molecule has 0 bridgehead atoms. The van der Waals surface area contributed by atoms with Crippen molar-refractivity contribution >= 4 is 23.2 Å². The first-order chi connectivity index (χ1) is 15.0. The number of hydrogen-bond donors (Lipinski definition) is 3. The summed E-state index contributed by atoms with van der Waals surface area (Å²) in [5.41, 5.74) is 10.8. The van der Waals surface area contributed by atoms with Gasteiger partial charge in [-0.05, 0) is 29.4 Å². The lowest BCUT2D eigenvalue weighted by Gasteiger charge is -2.37. The zero-order valence-corrected chi connectivity index (χ0v) is 20.3. The van der Waals surface area contributed by atoms with Gasteiger partial charge in [-0.1, -0.05) is 52.0 Å². The molecular weight excluding hydrogens is 424 g/mol. The number of β-amino-alcohol motifs (C(OH)–C–C–N with tert-alkyl or cyclic N) is 1. The first-order valence-corrected chi connectivity index (χ1v) is 11.9. The Bertz CT molecular complexity index is 954. The van der Waals surface area contributed by atoms with Crippen molar-refractivity contribution in [1.82, 2.24) is 15.2 Å². The second-order valence-electron chi connectivity index (χ2n) is 9.53. The Kier molecular flexibility index (Phi) is 7.37. The number of benzene rings is 1. The summed E-state index contributed by atoms with van der Waals surface area (Å²) in [7, 11) is 0. The maximum absolute atomic E-state index is 13.1. The minimum Gasteiger partial charge on any atom is -0.391 e. The van der Waals surface area contributed by atoms with E-state index in [1.54, 1.807) is 11.3 Å². The van der Waals surface area contributed by atoms with Crippen molar-refractivity contribution in [1.29, 1.82) is 0 Å². The van der Waals surface area contributed by atoms with Crippen LogP contribution in [-0.2, 0) is 16.1 Å². The van der Waals surface area contributed by atoms with E-state index in [-0.39, 0.29) is 30.7 Å². The molecule has 2 aromatic rings. The van der Waals surface area contributed by atoms with Crippen LogP contribution in [0.2, 0.25) is 0 Å². The van der Waals surface area contributed by atoms with E-state index in [1.807, 2.05) is 64.4 Å². The van der Waals surface area contributed by atoms with E-state index < -0.39 is 23.6 Å². The zero-order valence-electron chi connectivity index (χ0n) is 19.5. The summed E-state index contributed by atoms with van der Waals surface area (Å²) in [6, 6.07) is 6.52. The number of nitrogens with one attached hydrogen (secondary N) is 1. The molecule has 1 aromatic carbocycles. The topological polar surface area (TPSA) is 109 Å². The van der Waals surface area contributed by atoms with Gasteiger partial charge in [-0.3, -0.25) is 9.59 Å². The Balaban J connectivity index is 1.64. The normalized spacial score (nSPS) is 19.9. The number of thiazole rings is 1. The molecular formula is C24H34N4O3S. The number of aliphatic hydroxyl groups is 1. The van der Waals surface area contributed by atoms with Crippen LogP contribution in [0.25, 0.3) is 10.4 Å². The fourth-order valence-corrected chi connectivity index (χ4v) is 4.63. The van der Waals surface area contributed by atoms with Crippen molar-refractivity contribution in [2.45, 2.75) is 65.8 Å². The molecule has 1 unspecified atom stereocenters. The molecule has 1 fully saturated rings. The molecule has 4 N–H and O–H groups in total. The van der Waals surface area contributed by atoms with Gasteiger partial charge in [0.15, 0.2) is 0 Å². The first-order valence-electron chi connectivity index (χ1n) is 11.0. The van der Waals surface area contributed by atoms with Gasteiger partial charge in [0.2, 0.25) is 11.8 Å². The van der Waals surface area contributed by atoms with E-state index in [9.17, 15) is 14.7 Å². The van der Waals surface area contributed by atoms with Gasteiger partial charge in [-0.15, -0.1) is 11.3 Å². The lowest BCUT2D eigenvalue weighted by molar-refractivity contribution is -0.142. The molecule has 1 aliphatic rings. The standard InChI is InChI=1S/C24H34N4O3S/c1-14(2)24(4,5)21(25)23(31)28-12-18(29)10-19(28)22(30)26-11-16-6-8-17(9-7-16)20-15(3)27-13-32-20/h6-9,13-14,18-19,21,29H,10-12,25H2,1-5H3,(H,26,30)/t18?,19-,21+/m0/s1. The largest absolute Gasteiger partial charge is 0.391 e. The molecule has 174 valence electrons. The van der Waals surface area contributed by atoms with Gasteiger partial charge in [0.25, 0.3) is 0 Å². The highest BCUT2D eigenvalue weighted by Gasteiger charge is 2.44. The van der Waals surface area contributed by atoms with Gasteiger partial charge in [-0.2, -0.15) is 0 Å². The van der Waals surface area contributed by atoms with Gasteiger partial charge in [0, 0.05) is 19.5 Å². The third-order valence-electron chi connectivity index (χ3n) is 6.85. The van der Waals surface area contributed by atoms with Gasteiger partial charge in [0.1, 0.15) is 6.04 Å². The molecule has 0 saturated carbocycles. The summed E-state index contributed by atoms with van der Waals surface area (Å²) >= 11 is 1.60. The number of likely N-dealkylation sites (tertiary alicyclic amines) is 1. The number of amides is 2. The number of carbonyl (C=O) groups excluding carboxylic acids is 2. The Hall–Kier alpha value is -2.29. The fourth-order valence-electron chi connectivity index (χ4n) is 3.82. The van der Waals surface area contributed by atoms with Crippen molar-refractivity contribution in [3.8, 4) is 10.4 Å². The third kappa shape index (κ3) is 5.03. The van der Waals surface area contributed by atoms with E-state index in [4.69, 9.17) is 5.73 Å². The van der Waals surface area contributed by atoms with Crippen molar-refractivity contribution < 1.29 is 14.7 Å². The van der Waals surface area contributed by atoms with Gasteiger partial charge >= 0.3 is 0 Å². The molecule has 1 saturated heterocycles. The maximum atomic E-state index is 13.1. The van der Waals surface area contributed by atoms with Crippen LogP contribution in [0, 0.1) is 18.3 Å². The molecule has 7 nitrogen and oxygen atoms in total. The highest BCUT2D eigenvalue weighted by molar-refractivity contribution is 7.13. The second kappa shape index (κ2) is 9.68. The van der Waals surface area contributed by atoms with Crippen LogP contribution in [0.1, 0.15) is 45.4 Å². The summed E-state index contributed by atoms with van der Waals surface area (Å²) in [6.45, 7) is 10.4. The molecule has 1 aromatic heterocycles. The van der Waals surface area contributed by atoms with E-state index in [0.717, 1.165) is 21.7 Å². The van der Waals surface area contributed by atoms with Crippen LogP contribution < -0.4 is 11.1 Å². The smallest absolute Gasteiger partial charge is 0.243 e. The number of aromatic nitrogens is 1. The quantitative estimate of drug-likeness (QED) is 0.591. The van der Waals surface area contributed by atoms with Gasteiger partial charge in [0.05, 0.1) is 28.2 Å². The minimum absolute atomic E-state index is 0.127. The second-order valence-corrected chi connectivity index (χ2v) is 10.4. The van der Waals surface area contributed by atoms with Crippen molar-refractivity contribution in [3.05, 3.63) is 41.0 Å². The van der Waals surface area contributed by atoms with Crippen LogP contribution in [0.4, 0.5) is 0 Å². The Labute approximate surface area is 194 Å². The highest BCUT2D eigenvalue weighted by Crippen LogP contribution is 2.32. The first kappa shape index (κ1) is 24.4. The van der Waals surface area contributed by atoms with E-state index in [2.05, 4.69) is 10.3 Å². The zero-order chi connectivity index (χ0) is 23.6. The van der Waals surface area contributed by atoms with Crippen LogP contribution in [0.15, 0.2) is 29.8 Å². The van der Waals surface area contributed by atoms with Crippen molar-refractivity contribution in [3.63, 3.8) is 0 Å². The van der Waals surface area contributed by atoms with E-state index in [1.165, 1.54) is 4.90 Å². The van der Waals surface area contributed by atoms with E-state index in [0.29, 0.717) is 6.54 Å². The molecule has 2 heterocycles. The maximum Gasteiger partial charge on any atom is 0.243 e. The molecule has 0 spiro atoms. The molecule has 0 radical (unpaired) electrons. The summed E-state index contributed by atoms with van der Waals surface area (Å²) in [5, 5.41) is 13.1. The Morgan fingerprint density at radius 3 is 2.53 bits per heavy atom. The van der Waals surface area contributed by atoms with Crippen LogP contribution in [0.3, 0.4) is 0 Å². The molecule has 8 heteroatoms. The lowest BCUT2D eigenvalue weighted by Crippen LogP contribution is -2.56. The Morgan fingerprint density at radius 1 is 1.31 bits per heavy atom. The number of rotatable bonds is 7. The number of nitrogens with two attached hydrogens (primary N) is 1. The molecule has 0 aliphatic carbocycles. The van der Waals surface area contributed by atoms with Crippen LogP contribution >= 0.6 is 11.3 Å².